The number of nitrogens with zero attached hydrogens (tertiary/aromatic N) is 4. The molecule has 0 N–H and O–H groups in total. The van der Waals surface area contributed by atoms with E-state index < -0.39 is 0 Å². The van der Waals surface area contributed by atoms with Crippen LogP contribution < -0.4 is 0 Å². The van der Waals surface area contributed by atoms with Crippen molar-refractivity contribution in [3.63, 3.8) is 0 Å². The molecule has 8 aromatic carbocycles. The minimum Gasteiger partial charge on any atom is -0.456 e. The van der Waals surface area contributed by atoms with Gasteiger partial charge in [0.1, 0.15) is 22.3 Å². The van der Waals surface area contributed by atoms with Crippen LogP contribution >= 0.6 is 0 Å². The van der Waals surface area contributed by atoms with E-state index in [1.54, 1.807) is 0 Å². The van der Waals surface area contributed by atoms with Gasteiger partial charge in [-0.2, -0.15) is 9.97 Å². The Morgan fingerprint density at radius 3 is 1.61 bits per heavy atom. The molecule has 6 heteroatoms. The van der Waals surface area contributed by atoms with E-state index in [4.69, 9.17) is 23.8 Å². The molecule has 0 atom stereocenters. The summed E-state index contributed by atoms with van der Waals surface area (Å²) >= 11 is 0. The van der Waals surface area contributed by atoms with Gasteiger partial charge >= 0.3 is 0 Å². The second-order valence-corrected chi connectivity index (χ2v) is 14.4. The Kier molecular flexibility index (Phi) is 6.83. The van der Waals surface area contributed by atoms with Crippen LogP contribution in [-0.4, -0.2) is 19.5 Å². The van der Waals surface area contributed by atoms with Crippen molar-refractivity contribution in [1.82, 2.24) is 19.5 Å². The highest BCUT2D eigenvalue weighted by Crippen LogP contribution is 2.38. The monoisotopic (exact) mass is 730 g/mol. The largest absolute Gasteiger partial charge is 0.456 e. The van der Waals surface area contributed by atoms with Crippen LogP contribution in [0.1, 0.15) is 0 Å². The summed E-state index contributed by atoms with van der Waals surface area (Å²) in [4.78, 5) is 15.7. The van der Waals surface area contributed by atoms with Crippen LogP contribution in [-0.2, 0) is 0 Å². The molecular weight excluding hydrogens is 701 g/mol. The molecule has 0 spiro atoms. The van der Waals surface area contributed by atoms with Gasteiger partial charge in [0.2, 0.25) is 5.95 Å². The summed E-state index contributed by atoms with van der Waals surface area (Å²) in [5.41, 5.74) is 11.5. The van der Waals surface area contributed by atoms with Crippen molar-refractivity contribution in [1.29, 1.82) is 0 Å². The van der Waals surface area contributed by atoms with Gasteiger partial charge in [0.15, 0.2) is 11.6 Å². The topological polar surface area (TPSA) is 69.9 Å². The van der Waals surface area contributed by atoms with Crippen molar-refractivity contribution in [3.8, 4) is 51.0 Å². The molecule has 57 heavy (non-hydrogen) atoms. The highest BCUT2D eigenvalue weighted by atomic mass is 16.3. The predicted molar refractivity (Wildman–Crippen MR) is 230 cm³/mol. The Bertz CT molecular complexity index is 3490. The molecule has 0 amide bonds. The van der Waals surface area contributed by atoms with Gasteiger partial charge in [-0.25, -0.2) is 4.98 Å². The molecule has 0 radical (unpaired) electrons. The van der Waals surface area contributed by atoms with Crippen molar-refractivity contribution < 1.29 is 8.83 Å². The maximum atomic E-state index is 6.63. The zero-order valence-corrected chi connectivity index (χ0v) is 30.4. The molecule has 0 saturated carbocycles. The summed E-state index contributed by atoms with van der Waals surface area (Å²) < 4.78 is 14.9. The van der Waals surface area contributed by atoms with E-state index in [-0.39, 0.29) is 0 Å². The number of para-hydroxylation sites is 3. The summed E-state index contributed by atoms with van der Waals surface area (Å²) in [5.74, 6) is 1.70. The number of hydrogen-bond acceptors (Lipinski definition) is 5. The van der Waals surface area contributed by atoms with Crippen LogP contribution in [0.15, 0.2) is 191 Å². The van der Waals surface area contributed by atoms with Crippen molar-refractivity contribution in [2.45, 2.75) is 0 Å². The average molecular weight is 731 g/mol. The van der Waals surface area contributed by atoms with E-state index in [2.05, 4.69) is 156 Å². The van der Waals surface area contributed by atoms with Gasteiger partial charge in [0.05, 0.1) is 11.0 Å². The van der Waals surface area contributed by atoms with Crippen LogP contribution in [0.3, 0.4) is 0 Å². The Hall–Kier alpha value is -7.83. The summed E-state index contributed by atoms with van der Waals surface area (Å²) in [6.07, 6.45) is 0. The highest BCUT2D eigenvalue weighted by molar-refractivity contribution is 6.10. The van der Waals surface area contributed by atoms with Crippen molar-refractivity contribution >= 4 is 65.7 Å². The number of rotatable bonds is 5. The zero-order valence-electron chi connectivity index (χ0n) is 30.4. The first-order chi connectivity index (χ1) is 28.2. The summed E-state index contributed by atoms with van der Waals surface area (Å²) in [7, 11) is 0. The minimum absolute atomic E-state index is 0.548. The van der Waals surface area contributed by atoms with Gasteiger partial charge in [0, 0.05) is 43.4 Å². The van der Waals surface area contributed by atoms with Crippen LogP contribution in [0.2, 0.25) is 0 Å². The van der Waals surface area contributed by atoms with Crippen LogP contribution in [0, 0.1) is 0 Å². The molecule has 0 unspecified atom stereocenters. The number of aromatic nitrogens is 4. The van der Waals surface area contributed by atoms with E-state index in [0.717, 1.165) is 99.1 Å². The standard InChI is InChI=1S/C51H30N4O2/c1-2-12-31(13-3-1)35-14-4-5-18-41(35)50-52-49(53-51(54-50)55-43-19-9-6-15-36(43)37-16-7-10-20-44(37)55)34-23-26-40-39-25-22-33(29-47(39)57-48(40)30-34)32-24-27-46-42(28-32)38-17-8-11-21-45(38)56-46/h1-30H. The van der Waals surface area contributed by atoms with E-state index in [1.807, 2.05) is 30.3 Å². The third kappa shape index (κ3) is 5.01. The molecule has 0 fully saturated rings. The van der Waals surface area contributed by atoms with E-state index in [0.29, 0.717) is 17.6 Å². The van der Waals surface area contributed by atoms with Crippen LogP contribution in [0.5, 0.6) is 0 Å². The van der Waals surface area contributed by atoms with Gasteiger partial charge < -0.3 is 8.83 Å². The molecular formula is C51H30N4O2. The van der Waals surface area contributed by atoms with Gasteiger partial charge in [-0.15, -0.1) is 0 Å². The molecule has 4 aromatic heterocycles. The van der Waals surface area contributed by atoms with Gasteiger partial charge in [-0.05, 0) is 76.9 Å². The third-order valence-corrected chi connectivity index (χ3v) is 11.1. The maximum absolute atomic E-state index is 6.63. The lowest BCUT2D eigenvalue weighted by atomic mass is 9.99. The fourth-order valence-corrected chi connectivity index (χ4v) is 8.40. The second-order valence-electron chi connectivity index (χ2n) is 14.4. The highest BCUT2D eigenvalue weighted by Gasteiger charge is 2.20. The van der Waals surface area contributed by atoms with E-state index in [9.17, 15) is 0 Å². The minimum atomic E-state index is 0.548. The lowest BCUT2D eigenvalue weighted by Gasteiger charge is -2.13. The first-order valence-electron chi connectivity index (χ1n) is 19.0. The maximum Gasteiger partial charge on any atom is 0.238 e. The summed E-state index contributed by atoms with van der Waals surface area (Å²) in [5, 5.41) is 6.57. The molecule has 4 heterocycles. The molecule has 0 saturated heterocycles. The quantitative estimate of drug-likeness (QED) is 0.176. The van der Waals surface area contributed by atoms with Gasteiger partial charge in [-0.3, -0.25) is 4.57 Å². The molecule has 12 aromatic rings. The average Bonchev–Trinajstić information content (AvgIpc) is 3.95. The molecule has 12 rings (SSSR count). The second kappa shape index (κ2) is 12.3. The predicted octanol–water partition coefficient (Wildman–Crippen LogP) is 13.4. The van der Waals surface area contributed by atoms with Gasteiger partial charge in [0.25, 0.3) is 0 Å². The van der Waals surface area contributed by atoms with Crippen molar-refractivity contribution in [2.75, 3.05) is 0 Å². The number of benzene rings is 8. The number of furan rings is 2. The van der Waals surface area contributed by atoms with E-state index >= 15 is 0 Å². The third-order valence-electron chi connectivity index (χ3n) is 11.1. The first kappa shape index (κ1) is 31.5. The van der Waals surface area contributed by atoms with Crippen LogP contribution in [0.4, 0.5) is 0 Å². The molecule has 266 valence electrons. The SMILES string of the molecule is c1ccc(-c2ccccc2-c2nc(-c3ccc4c(c3)oc3cc(-c5ccc6oc7ccccc7c6c5)ccc34)nc(-n3c4ccccc4c4ccccc43)n2)cc1. The van der Waals surface area contributed by atoms with Crippen LogP contribution in [0.25, 0.3) is 117 Å². The Labute approximate surface area is 325 Å². The summed E-state index contributed by atoms with van der Waals surface area (Å²) in [6.45, 7) is 0. The fourth-order valence-electron chi connectivity index (χ4n) is 8.40. The molecule has 0 aliphatic carbocycles. The zero-order chi connectivity index (χ0) is 37.5. The Balaban J connectivity index is 1.03. The number of hydrogen-bond donors (Lipinski definition) is 0. The normalized spacial score (nSPS) is 11.9. The molecule has 6 nitrogen and oxygen atoms in total. The lowest BCUT2D eigenvalue weighted by molar-refractivity contribution is 0.669. The van der Waals surface area contributed by atoms with Crippen molar-refractivity contribution in [3.05, 3.63) is 182 Å². The smallest absolute Gasteiger partial charge is 0.238 e. The van der Waals surface area contributed by atoms with E-state index in [1.165, 1.54) is 0 Å². The molecule has 0 aliphatic heterocycles. The van der Waals surface area contributed by atoms with Crippen molar-refractivity contribution in [2.24, 2.45) is 0 Å². The Morgan fingerprint density at radius 1 is 0.316 bits per heavy atom. The molecule has 0 bridgehead atoms. The fraction of sp³-hybridized carbons (Fsp3) is 0. The first-order valence-corrected chi connectivity index (χ1v) is 19.0. The molecule has 0 aliphatic rings. The summed E-state index contributed by atoms with van der Waals surface area (Å²) in [6, 6.07) is 62.7. The lowest BCUT2D eigenvalue weighted by Crippen LogP contribution is -2.06. The number of fused-ring (bicyclic) bond motifs is 9. The Morgan fingerprint density at radius 2 is 0.842 bits per heavy atom. The van der Waals surface area contributed by atoms with Gasteiger partial charge in [-0.1, -0.05) is 127 Å².